The van der Waals surface area contributed by atoms with Gasteiger partial charge in [-0.2, -0.15) is 0 Å². The molecule has 1 fully saturated rings. The van der Waals surface area contributed by atoms with E-state index in [0.29, 0.717) is 25.9 Å². The second-order valence-electron chi connectivity index (χ2n) is 6.14. The summed E-state index contributed by atoms with van der Waals surface area (Å²) in [4.78, 5) is 36.2. The van der Waals surface area contributed by atoms with Crippen LogP contribution in [0.3, 0.4) is 0 Å². The van der Waals surface area contributed by atoms with Crippen molar-refractivity contribution in [2.24, 2.45) is 11.7 Å². The molecule has 6 nitrogen and oxygen atoms in total. The number of ether oxygens (including phenoxy) is 1. The van der Waals surface area contributed by atoms with E-state index in [9.17, 15) is 14.4 Å². The number of hydrogen-bond donors (Lipinski definition) is 1. The number of primary amides is 1. The third-order valence-electron chi connectivity index (χ3n) is 3.21. The monoisotopic (exact) mass is 284 g/mol. The molecule has 0 spiro atoms. The van der Waals surface area contributed by atoms with Crippen LogP contribution in [-0.2, 0) is 19.1 Å². The van der Waals surface area contributed by atoms with Gasteiger partial charge in [-0.3, -0.25) is 14.4 Å². The van der Waals surface area contributed by atoms with E-state index in [1.165, 1.54) is 0 Å². The molecule has 6 heteroatoms. The fraction of sp³-hybridized carbons (Fsp3) is 0.786. The van der Waals surface area contributed by atoms with Gasteiger partial charge in [0, 0.05) is 25.4 Å². The van der Waals surface area contributed by atoms with Crippen LogP contribution >= 0.6 is 0 Å². The first kappa shape index (κ1) is 16.5. The third-order valence-corrected chi connectivity index (χ3v) is 3.21. The Morgan fingerprint density at radius 3 is 2.15 bits per heavy atom. The van der Waals surface area contributed by atoms with Gasteiger partial charge in [-0.05, 0) is 33.6 Å². The van der Waals surface area contributed by atoms with Gasteiger partial charge in [-0.25, -0.2) is 0 Å². The summed E-state index contributed by atoms with van der Waals surface area (Å²) in [5.74, 6) is -0.868. The SMILES string of the molecule is CC(C)(C)OC(=O)CCC(=O)N1CCC(C(N)=O)CC1. The van der Waals surface area contributed by atoms with Gasteiger partial charge in [0.05, 0.1) is 6.42 Å². The zero-order valence-electron chi connectivity index (χ0n) is 12.5. The summed E-state index contributed by atoms with van der Waals surface area (Å²) in [7, 11) is 0. The van der Waals surface area contributed by atoms with Crippen LogP contribution in [0.25, 0.3) is 0 Å². The maximum Gasteiger partial charge on any atom is 0.306 e. The number of carbonyl (C=O) groups excluding carboxylic acids is 3. The molecule has 114 valence electrons. The molecule has 0 unspecified atom stereocenters. The molecule has 0 aliphatic carbocycles. The lowest BCUT2D eigenvalue weighted by molar-refractivity contribution is -0.156. The van der Waals surface area contributed by atoms with E-state index in [4.69, 9.17) is 10.5 Å². The molecule has 0 saturated carbocycles. The molecule has 0 aromatic carbocycles. The number of esters is 1. The molecule has 0 aromatic heterocycles. The Bertz CT molecular complexity index is 379. The van der Waals surface area contributed by atoms with Crippen molar-refractivity contribution >= 4 is 17.8 Å². The lowest BCUT2D eigenvalue weighted by Crippen LogP contribution is -2.41. The van der Waals surface area contributed by atoms with Crippen LogP contribution in [0.1, 0.15) is 46.5 Å². The van der Waals surface area contributed by atoms with E-state index in [1.807, 2.05) is 0 Å². The minimum atomic E-state index is -0.528. The summed E-state index contributed by atoms with van der Waals surface area (Å²) in [5.41, 5.74) is 4.71. The summed E-state index contributed by atoms with van der Waals surface area (Å²) < 4.78 is 5.15. The Morgan fingerprint density at radius 2 is 1.70 bits per heavy atom. The second-order valence-corrected chi connectivity index (χ2v) is 6.14. The summed E-state index contributed by atoms with van der Waals surface area (Å²) in [6, 6.07) is 0. The summed E-state index contributed by atoms with van der Waals surface area (Å²) in [5, 5.41) is 0. The lowest BCUT2D eigenvalue weighted by Gasteiger charge is -2.30. The predicted octanol–water partition coefficient (Wildman–Crippen LogP) is 0.832. The Hall–Kier alpha value is -1.59. The van der Waals surface area contributed by atoms with Gasteiger partial charge in [-0.15, -0.1) is 0 Å². The zero-order chi connectivity index (χ0) is 15.3. The van der Waals surface area contributed by atoms with Crippen LogP contribution in [0, 0.1) is 5.92 Å². The Labute approximate surface area is 119 Å². The van der Waals surface area contributed by atoms with Crippen LogP contribution < -0.4 is 5.73 Å². The van der Waals surface area contributed by atoms with Crippen molar-refractivity contribution in [2.75, 3.05) is 13.1 Å². The number of nitrogens with two attached hydrogens (primary N) is 1. The van der Waals surface area contributed by atoms with Gasteiger partial charge in [0.25, 0.3) is 0 Å². The van der Waals surface area contributed by atoms with Crippen molar-refractivity contribution in [3.05, 3.63) is 0 Å². The second kappa shape index (κ2) is 6.72. The van der Waals surface area contributed by atoms with Gasteiger partial charge < -0.3 is 15.4 Å². The van der Waals surface area contributed by atoms with E-state index in [1.54, 1.807) is 25.7 Å². The minimum absolute atomic E-state index is 0.0706. The number of hydrogen-bond acceptors (Lipinski definition) is 4. The molecule has 1 saturated heterocycles. The molecule has 1 heterocycles. The van der Waals surface area contributed by atoms with Crippen LogP contribution in [0.15, 0.2) is 0 Å². The Morgan fingerprint density at radius 1 is 1.15 bits per heavy atom. The van der Waals surface area contributed by atoms with Crippen molar-refractivity contribution < 1.29 is 19.1 Å². The molecule has 0 atom stereocenters. The van der Waals surface area contributed by atoms with Crippen LogP contribution in [0.2, 0.25) is 0 Å². The molecule has 0 aromatic rings. The highest BCUT2D eigenvalue weighted by molar-refractivity contribution is 5.82. The molecule has 0 radical (unpaired) electrons. The number of nitrogens with zero attached hydrogens (tertiary/aromatic N) is 1. The third kappa shape index (κ3) is 5.59. The van der Waals surface area contributed by atoms with Crippen molar-refractivity contribution in [2.45, 2.75) is 52.1 Å². The average Bonchev–Trinajstić information content (AvgIpc) is 2.34. The smallest absolute Gasteiger partial charge is 0.306 e. The number of amides is 2. The highest BCUT2D eigenvalue weighted by atomic mass is 16.6. The fourth-order valence-electron chi connectivity index (χ4n) is 2.17. The zero-order valence-corrected chi connectivity index (χ0v) is 12.5. The largest absolute Gasteiger partial charge is 0.460 e. The highest BCUT2D eigenvalue weighted by Gasteiger charge is 2.26. The highest BCUT2D eigenvalue weighted by Crippen LogP contribution is 2.18. The number of piperidine rings is 1. The topological polar surface area (TPSA) is 89.7 Å². The van der Waals surface area contributed by atoms with E-state index >= 15 is 0 Å². The number of likely N-dealkylation sites (tertiary alicyclic amines) is 1. The first-order chi connectivity index (χ1) is 9.19. The van der Waals surface area contributed by atoms with E-state index in [-0.39, 0.29) is 36.5 Å². The van der Waals surface area contributed by atoms with Gasteiger partial charge >= 0.3 is 5.97 Å². The standard InChI is InChI=1S/C14H24N2O4/c1-14(2,3)20-12(18)5-4-11(17)16-8-6-10(7-9-16)13(15)19/h10H,4-9H2,1-3H3,(H2,15,19). The first-order valence-corrected chi connectivity index (χ1v) is 6.98. The quantitative estimate of drug-likeness (QED) is 0.774. The van der Waals surface area contributed by atoms with Crippen molar-refractivity contribution in [1.29, 1.82) is 0 Å². The molecule has 2 N–H and O–H groups in total. The normalized spacial score (nSPS) is 16.9. The van der Waals surface area contributed by atoms with E-state index < -0.39 is 5.60 Å². The number of carbonyl (C=O) groups is 3. The molecule has 1 rings (SSSR count). The summed E-state index contributed by atoms with van der Waals surface area (Å²) >= 11 is 0. The van der Waals surface area contributed by atoms with Crippen molar-refractivity contribution in [3.8, 4) is 0 Å². The van der Waals surface area contributed by atoms with Crippen LogP contribution in [-0.4, -0.2) is 41.4 Å². The van der Waals surface area contributed by atoms with Gasteiger partial charge in [-0.1, -0.05) is 0 Å². The van der Waals surface area contributed by atoms with Crippen molar-refractivity contribution in [3.63, 3.8) is 0 Å². The Balaban J connectivity index is 2.31. The lowest BCUT2D eigenvalue weighted by atomic mass is 9.96. The molecular weight excluding hydrogens is 260 g/mol. The average molecular weight is 284 g/mol. The van der Waals surface area contributed by atoms with E-state index in [2.05, 4.69) is 0 Å². The summed E-state index contributed by atoms with van der Waals surface area (Å²) in [6.45, 7) is 6.44. The molecule has 1 aliphatic rings. The number of rotatable bonds is 4. The molecule has 20 heavy (non-hydrogen) atoms. The van der Waals surface area contributed by atoms with Gasteiger partial charge in [0.2, 0.25) is 11.8 Å². The first-order valence-electron chi connectivity index (χ1n) is 6.98. The Kier molecular flexibility index (Phi) is 5.53. The minimum Gasteiger partial charge on any atom is -0.460 e. The van der Waals surface area contributed by atoms with Gasteiger partial charge in [0.15, 0.2) is 0 Å². The maximum absolute atomic E-state index is 11.9. The predicted molar refractivity (Wildman–Crippen MR) is 73.6 cm³/mol. The van der Waals surface area contributed by atoms with Crippen molar-refractivity contribution in [1.82, 2.24) is 4.90 Å². The van der Waals surface area contributed by atoms with Crippen LogP contribution in [0.4, 0.5) is 0 Å². The molecular formula is C14H24N2O4. The van der Waals surface area contributed by atoms with E-state index in [0.717, 1.165) is 0 Å². The molecule has 1 aliphatic heterocycles. The molecule has 0 bridgehead atoms. The molecule has 2 amide bonds. The fourth-order valence-corrected chi connectivity index (χ4v) is 2.17. The van der Waals surface area contributed by atoms with Crippen LogP contribution in [0.5, 0.6) is 0 Å². The van der Waals surface area contributed by atoms with Gasteiger partial charge in [0.1, 0.15) is 5.60 Å². The maximum atomic E-state index is 11.9. The summed E-state index contributed by atoms with van der Waals surface area (Å²) in [6.07, 6.45) is 1.45.